The normalized spacial score (nSPS) is 10.2. The molecule has 0 saturated heterocycles. The molecule has 3 N–H and O–H groups in total. The number of nitrogens with one attached hydrogen (secondary N) is 2. The highest BCUT2D eigenvalue weighted by Gasteiger charge is 2.15. The number of hydrazine groups is 1. The maximum Gasteiger partial charge on any atom is 0.273 e. The van der Waals surface area contributed by atoms with Gasteiger partial charge in [-0.1, -0.05) is 17.3 Å². The topological polar surface area (TPSA) is 104 Å². The van der Waals surface area contributed by atoms with Crippen LogP contribution in [0.1, 0.15) is 27.4 Å². The molecule has 1 aromatic heterocycles. The lowest BCUT2D eigenvalue weighted by molar-refractivity contribution is -0.121. The van der Waals surface area contributed by atoms with Gasteiger partial charge < -0.3 is 9.63 Å². The van der Waals surface area contributed by atoms with Gasteiger partial charge in [-0.15, -0.1) is 0 Å². The number of carbonyl (C=O) groups excluding carboxylic acids is 2. The van der Waals surface area contributed by atoms with Gasteiger partial charge in [0.15, 0.2) is 0 Å². The molecule has 7 heteroatoms. The van der Waals surface area contributed by atoms with E-state index in [-0.39, 0.29) is 17.7 Å². The lowest BCUT2D eigenvalue weighted by Gasteiger charge is -2.08. The zero-order valence-corrected chi connectivity index (χ0v) is 11.6. The molecule has 0 aliphatic rings. The van der Waals surface area contributed by atoms with E-state index in [4.69, 9.17) is 4.52 Å². The predicted molar refractivity (Wildman–Crippen MR) is 73.4 cm³/mol. The number of phenols is 1. The Hall–Kier alpha value is -2.83. The van der Waals surface area contributed by atoms with Crippen LogP contribution >= 0.6 is 0 Å². The molecule has 7 nitrogen and oxygen atoms in total. The maximum atomic E-state index is 11.8. The fourth-order valence-electron chi connectivity index (χ4n) is 1.82. The summed E-state index contributed by atoms with van der Waals surface area (Å²) in [7, 11) is 0. The Morgan fingerprint density at radius 1 is 1.24 bits per heavy atom. The lowest BCUT2D eigenvalue weighted by Crippen LogP contribution is -2.42. The minimum atomic E-state index is -0.597. The minimum Gasteiger partial charge on any atom is -0.507 e. The minimum absolute atomic E-state index is 0.0439. The van der Waals surface area contributed by atoms with Gasteiger partial charge in [-0.05, 0) is 26.0 Å². The van der Waals surface area contributed by atoms with Crippen molar-refractivity contribution >= 4 is 11.8 Å². The molecule has 0 saturated carbocycles. The van der Waals surface area contributed by atoms with E-state index in [9.17, 15) is 14.7 Å². The van der Waals surface area contributed by atoms with Crippen molar-refractivity contribution in [1.82, 2.24) is 16.0 Å². The largest absolute Gasteiger partial charge is 0.507 e. The first-order valence-corrected chi connectivity index (χ1v) is 6.28. The molecule has 0 fully saturated rings. The molecule has 0 aliphatic carbocycles. The third-order valence-electron chi connectivity index (χ3n) is 2.98. The first-order chi connectivity index (χ1) is 9.99. The number of nitrogens with zero attached hydrogens (tertiary/aromatic N) is 1. The number of benzene rings is 1. The van der Waals surface area contributed by atoms with E-state index in [1.165, 1.54) is 12.1 Å². The van der Waals surface area contributed by atoms with Gasteiger partial charge in [-0.25, -0.2) is 0 Å². The van der Waals surface area contributed by atoms with Gasteiger partial charge in [0.25, 0.3) is 5.91 Å². The molecule has 0 aliphatic heterocycles. The molecule has 0 spiro atoms. The molecule has 0 radical (unpaired) electrons. The SMILES string of the molecule is Cc1noc(C)c1CC(=O)NNC(=O)c1ccccc1O. The summed E-state index contributed by atoms with van der Waals surface area (Å²) in [5.74, 6) is -0.599. The maximum absolute atomic E-state index is 11.8. The van der Waals surface area contributed by atoms with Crippen molar-refractivity contribution in [3.63, 3.8) is 0 Å². The van der Waals surface area contributed by atoms with Gasteiger partial charge in [0.1, 0.15) is 11.5 Å². The van der Waals surface area contributed by atoms with Crippen molar-refractivity contribution in [2.45, 2.75) is 20.3 Å². The van der Waals surface area contributed by atoms with Crippen molar-refractivity contribution in [3.05, 3.63) is 46.8 Å². The van der Waals surface area contributed by atoms with E-state index in [1.807, 2.05) is 0 Å². The van der Waals surface area contributed by atoms with Crippen LogP contribution < -0.4 is 10.9 Å². The second-order valence-electron chi connectivity index (χ2n) is 4.50. The van der Waals surface area contributed by atoms with Crippen LogP contribution in [-0.2, 0) is 11.2 Å². The Morgan fingerprint density at radius 2 is 1.95 bits per heavy atom. The average Bonchev–Trinajstić information content (AvgIpc) is 2.77. The van der Waals surface area contributed by atoms with Crippen LogP contribution in [0.5, 0.6) is 5.75 Å². The second-order valence-corrected chi connectivity index (χ2v) is 4.50. The second kappa shape index (κ2) is 6.08. The van der Waals surface area contributed by atoms with Crippen LogP contribution in [0.4, 0.5) is 0 Å². The summed E-state index contributed by atoms with van der Waals surface area (Å²) < 4.78 is 4.96. The molecule has 2 amide bonds. The molecule has 0 atom stereocenters. The molecule has 0 unspecified atom stereocenters. The van der Waals surface area contributed by atoms with Gasteiger partial charge in [0.2, 0.25) is 5.91 Å². The summed E-state index contributed by atoms with van der Waals surface area (Å²) in [5.41, 5.74) is 5.92. The number of para-hydroxylation sites is 1. The quantitative estimate of drug-likeness (QED) is 0.731. The summed E-state index contributed by atoms with van der Waals surface area (Å²) >= 11 is 0. The molecular formula is C14H15N3O4. The van der Waals surface area contributed by atoms with Gasteiger partial charge in [-0.3, -0.25) is 20.4 Å². The van der Waals surface area contributed by atoms with Crippen molar-refractivity contribution in [2.24, 2.45) is 0 Å². The van der Waals surface area contributed by atoms with E-state index >= 15 is 0 Å². The number of amides is 2. The predicted octanol–water partition coefficient (Wildman–Crippen LogP) is 1.00. The lowest BCUT2D eigenvalue weighted by atomic mass is 10.1. The highest BCUT2D eigenvalue weighted by molar-refractivity contribution is 5.97. The standard InChI is InChI=1S/C14H15N3O4/c1-8-11(9(2)21-17-8)7-13(19)15-16-14(20)10-5-3-4-6-12(10)18/h3-6,18H,7H2,1-2H3,(H,15,19)(H,16,20). The smallest absolute Gasteiger partial charge is 0.273 e. The van der Waals surface area contributed by atoms with Gasteiger partial charge in [-0.2, -0.15) is 0 Å². The van der Waals surface area contributed by atoms with Crippen LogP contribution in [0, 0.1) is 13.8 Å². The number of carbonyl (C=O) groups is 2. The fourth-order valence-corrected chi connectivity index (χ4v) is 1.82. The molecular weight excluding hydrogens is 274 g/mol. The Kier molecular flexibility index (Phi) is 4.22. The number of aromatic hydroxyl groups is 1. The fraction of sp³-hybridized carbons (Fsp3) is 0.214. The Labute approximate surface area is 120 Å². The number of aryl methyl sites for hydroxylation is 2. The van der Waals surface area contributed by atoms with Crippen molar-refractivity contribution in [1.29, 1.82) is 0 Å². The molecule has 110 valence electrons. The van der Waals surface area contributed by atoms with E-state index in [2.05, 4.69) is 16.0 Å². The highest BCUT2D eigenvalue weighted by atomic mass is 16.5. The highest BCUT2D eigenvalue weighted by Crippen LogP contribution is 2.15. The summed E-state index contributed by atoms with van der Waals surface area (Å²) in [4.78, 5) is 23.6. The zero-order chi connectivity index (χ0) is 15.4. The Morgan fingerprint density at radius 3 is 2.57 bits per heavy atom. The molecule has 2 aromatic rings. The van der Waals surface area contributed by atoms with E-state index in [1.54, 1.807) is 26.0 Å². The van der Waals surface area contributed by atoms with Crippen molar-refractivity contribution in [2.75, 3.05) is 0 Å². The van der Waals surface area contributed by atoms with Crippen LogP contribution in [-0.4, -0.2) is 22.1 Å². The van der Waals surface area contributed by atoms with Crippen molar-refractivity contribution in [3.8, 4) is 5.75 Å². The first kappa shape index (κ1) is 14.6. The monoisotopic (exact) mass is 289 g/mol. The first-order valence-electron chi connectivity index (χ1n) is 6.28. The Bertz CT molecular complexity index is 659. The third kappa shape index (κ3) is 3.38. The molecule has 1 heterocycles. The van der Waals surface area contributed by atoms with E-state index in [0.29, 0.717) is 17.0 Å². The molecule has 1 aromatic carbocycles. The number of hydrogen-bond donors (Lipinski definition) is 3. The number of aromatic nitrogens is 1. The molecule has 2 rings (SSSR count). The summed E-state index contributed by atoms with van der Waals surface area (Å²) in [6.45, 7) is 3.45. The van der Waals surface area contributed by atoms with Crippen molar-refractivity contribution < 1.29 is 19.2 Å². The van der Waals surface area contributed by atoms with E-state index < -0.39 is 11.8 Å². The number of rotatable bonds is 3. The zero-order valence-electron chi connectivity index (χ0n) is 11.6. The van der Waals surface area contributed by atoms with Gasteiger partial charge in [0.05, 0.1) is 17.7 Å². The van der Waals surface area contributed by atoms with Crippen LogP contribution in [0.25, 0.3) is 0 Å². The number of phenolic OH excluding ortho intramolecular Hbond substituents is 1. The van der Waals surface area contributed by atoms with E-state index in [0.717, 1.165) is 0 Å². The third-order valence-corrected chi connectivity index (χ3v) is 2.98. The van der Waals surface area contributed by atoms with Gasteiger partial charge in [0, 0.05) is 5.56 Å². The van der Waals surface area contributed by atoms with Crippen LogP contribution in [0.3, 0.4) is 0 Å². The Balaban J connectivity index is 1.93. The summed E-state index contributed by atoms with van der Waals surface area (Å²) in [5, 5.41) is 13.3. The average molecular weight is 289 g/mol. The van der Waals surface area contributed by atoms with Gasteiger partial charge >= 0.3 is 0 Å². The number of hydrogen-bond acceptors (Lipinski definition) is 5. The van der Waals surface area contributed by atoms with Crippen LogP contribution in [0.15, 0.2) is 28.8 Å². The molecule has 0 bridgehead atoms. The molecule has 21 heavy (non-hydrogen) atoms. The van der Waals surface area contributed by atoms with Crippen LogP contribution in [0.2, 0.25) is 0 Å². The summed E-state index contributed by atoms with van der Waals surface area (Å²) in [6.07, 6.45) is 0.0439. The summed E-state index contributed by atoms with van der Waals surface area (Å²) in [6, 6.07) is 6.05.